The lowest BCUT2D eigenvalue weighted by molar-refractivity contribution is -0.143. The van der Waals surface area contributed by atoms with Crippen LogP contribution in [0.4, 0.5) is 4.39 Å². The standard InChI is InChI=1S/C30H37FN2O2/c1-4-35-30(34)19-28(27-13-12-26(31)16-22(27)3)24-11-10-21(2)25(17-24)18-29-32-14-15-33(29)20-23-8-6-5-7-9-23/h10-17,23,28H,4-9,18-20H2,1-3H3. The number of aromatic nitrogens is 2. The second kappa shape index (κ2) is 11.7. The molecule has 2 aromatic carbocycles. The molecule has 0 spiro atoms. The van der Waals surface area contributed by atoms with Crippen LogP contribution in [0.25, 0.3) is 0 Å². The normalized spacial score (nSPS) is 15.2. The van der Waals surface area contributed by atoms with Gasteiger partial charge in [0.05, 0.1) is 13.0 Å². The zero-order chi connectivity index (χ0) is 24.8. The number of esters is 1. The molecule has 1 fully saturated rings. The van der Waals surface area contributed by atoms with Crippen molar-refractivity contribution in [3.63, 3.8) is 0 Å². The first-order chi connectivity index (χ1) is 16.9. The maximum atomic E-state index is 13.8. The highest BCUT2D eigenvalue weighted by Crippen LogP contribution is 2.33. The van der Waals surface area contributed by atoms with Gasteiger partial charge < -0.3 is 9.30 Å². The summed E-state index contributed by atoms with van der Waals surface area (Å²) in [6, 6.07) is 11.2. The molecule has 0 aliphatic heterocycles. The number of carbonyl (C=O) groups excluding carboxylic acids is 1. The van der Waals surface area contributed by atoms with Crippen LogP contribution in [-0.2, 0) is 22.5 Å². The summed E-state index contributed by atoms with van der Waals surface area (Å²) in [5, 5.41) is 0. The molecule has 5 heteroatoms. The van der Waals surface area contributed by atoms with Crippen LogP contribution in [0.3, 0.4) is 0 Å². The number of nitrogens with zero attached hydrogens (tertiary/aromatic N) is 2. The molecule has 0 saturated heterocycles. The van der Waals surface area contributed by atoms with Crippen LogP contribution in [0.15, 0.2) is 48.8 Å². The third-order valence-corrected chi connectivity index (χ3v) is 7.39. The number of imidazole rings is 1. The fourth-order valence-electron chi connectivity index (χ4n) is 5.41. The van der Waals surface area contributed by atoms with E-state index in [0.717, 1.165) is 41.4 Å². The summed E-state index contributed by atoms with van der Waals surface area (Å²) in [5.74, 6) is 1.10. The summed E-state index contributed by atoms with van der Waals surface area (Å²) < 4.78 is 21.4. The Hall–Kier alpha value is -2.95. The Morgan fingerprint density at radius 2 is 1.91 bits per heavy atom. The topological polar surface area (TPSA) is 44.1 Å². The molecular formula is C30H37FN2O2. The van der Waals surface area contributed by atoms with Gasteiger partial charge in [-0.3, -0.25) is 4.79 Å². The van der Waals surface area contributed by atoms with Crippen molar-refractivity contribution < 1.29 is 13.9 Å². The van der Waals surface area contributed by atoms with E-state index < -0.39 is 0 Å². The molecule has 4 nitrogen and oxygen atoms in total. The van der Waals surface area contributed by atoms with E-state index in [2.05, 4.69) is 35.9 Å². The number of aryl methyl sites for hydroxylation is 2. The molecule has 1 saturated carbocycles. The van der Waals surface area contributed by atoms with Crippen molar-refractivity contribution in [2.45, 2.75) is 78.2 Å². The van der Waals surface area contributed by atoms with E-state index in [1.165, 1.54) is 55.4 Å². The highest BCUT2D eigenvalue weighted by atomic mass is 19.1. The van der Waals surface area contributed by atoms with Gasteiger partial charge in [-0.2, -0.15) is 0 Å². The largest absolute Gasteiger partial charge is 0.466 e. The quantitative estimate of drug-likeness (QED) is 0.316. The Kier molecular flexibility index (Phi) is 8.37. The monoisotopic (exact) mass is 476 g/mol. The van der Waals surface area contributed by atoms with Gasteiger partial charge in [-0.05, 0) is 79.5 Å². The van der Waals surface area contributed by atoms with Crippen molar-refractivity contribution in [2.75, 3.05) is 6.61 Å². The number of rotatable bonds is 9. The van der Waals surface area contributed by atoms with Gasteiger partial charge in [-0.1, -0.05) is 43.5 Å². The molecule has 4 rings (SSSR count). The molecule has 186 valence electrons. The number of benzene rings is 2. The Balaban J connectivity index is 1.62. The maximum Gasteiger partial charge on any atom is 0.306 e. The molecule has 35 heavy (non-hydrogen) atoms. The molecule has 0 amide bonds. The number of halogens is 1. The van der Waals surface area contributed by atoms with Crippen molar-refractivity contribution in [2.24, 2.45) is 5.92 Å². The number of carbonyl (C=O) groups is 1. The lowest BCUT2D eigenvalue weighted by Crippen LogP contribution is -2.16. The molecule has 0 N–H and O–H groups in total. The van der Waals surface area contributed by atoms with Crippen LogP contribution in [0.2, 0.25) is 0 Å². The Bertz CT molecular complexity index is 1150. The highest BCUT2D eigenvalue weighted by Gasteiger charge is 2.22. The average molecular weight is 477 g/mol. The summed E-state index contributed by atoms with van der Waals surface area (Å²) >= 11 is 0. The van der Waals surface area contributed by atoms with E-state index in [0.29, 0.717) is 6.61 Å². The summed E-state index contributed by atoms with van der Waals surface area (Å²) in [4.78, 5) is 17.2. The van der Waals surface area contributed by atoms with Crippen LogP contribution in [0.5, 0.6) is 0 Å². The predicted molar refractivity (Wildman–Crippen MR) is 137 cm³/mol. The van der Waals surface area contributed by atoms with Crippen LogP contribution < -0.4 is 0 Å². The van der Waals surface area contributed by atoms with Crippen LogP contribution in [0, 0.1) is 25.6 Å². The van der Waals surface area contributed by atoms with Gasteiger partial charge in [-0.15, -0.1) is 0 Å². The van der Waals surface area contributed by atoms with Gasteiger partial charge in [0.2, 0.25) is 0 Å². The molecule has 0 radical (unpaired) electrons. The number of hydrogen-bond donors (Lipinski definition) is 0. The van der Waals surface area contributed by atoms with E-state index in [4.69, 9.17) is 9.72 Å². The average Bonchev–Trinajstić information content (AvgIpc) is 3.26. The van der Waals surface area contributed by atoms with Crippen LogP contribution >= 0.6 is 0 Å². The molecule has 1 aliphatic carbocycles. The highest BCUT2D eigenvalue weighted by molar-refractivity contribution is 5.71. The lowest BCUT2D eigenvalue weighted by atomic mass is 9.84. The van der Waals surface area contributed by atoms with E-state index in [1.807, 2.05) is 20.0 Å². The third kappa shape index (κ3) is 6.39. The first kappa shape index (κ1) is 25.2. The minimum atomic E-state index is -0.268. The minimum absolute atomic E-state index is 0.198. The van der Waals surface area contributed by atoms with Crippen molar-refractivity contribution in [1.29, 1.82) is 0 Å². The predicted octanol–water partition coefficient (Wildman–Crippen LogP) is 6.90. The molecule has 3 aromatic rings. The molecule has 1 atom stereocenters. The zero-order valence-electron chi connectivity index (χ0n) is 21.2. The van der Waals surface area contributed by atoms with Gasteiger partial charge in [0.25, 0.3) is 0 Å². The minimum Gasteiger partial charge on any atom is -0.466 e. The zero-order valence-corrected chi connectivity index (χ0v) is 21.2. The number of ether oxygens (including phenoxy) is 1. The van der Waals surface area contributed by atoms with Gasteiger partial charge >= 0.3 is 5.97 Å². The first-order valence-electron chi connectivity index (χ1n) is 13.0. The third-order valence-electron chi connectivity index (χ3n) is 7.39. The van der Waals surface area contributed by atoms with E-state index in [1.54, 1.807) is 6.07 Å². The molecule has 1 unspecified atom stereocenters. The van der Waals surface area contributed by atoms with Crippen LogP contribution in [-0.4, -0.2) is 22.1 Å². The molecule has 1 aliphatic rings. The second-order valence-electron chi connectivity index (χ2n) is 9.93. The Morgan fingerprint density at radius 1 is 1.11 bits per heavy atom. The van der Waals surface area contributed by atoms with Gasteiger partial charge in [-0.25, -0.2) is 9.37 Å². The summed E-state index contributed by atoms with van der Waals surface area (Å²) in [6.07, 6.45) is 11.6. The van der Waals surface area contributed by atoms with Gasteiger partial charge in [0.1, 0.15) is 11.6 Å². The van der Waals surface area contributed by atoms with Gasteiger partial charge in [0.15, 0.2) is 0 Å². The Labute approximate surface area is 208 Å². The van der Waals surface area contributed by atoms with E-state index in [-0.39, 0.29) is 24.1 Å². The van der Waals surface area contributed by atoms with Crippen molar-refractivity contribution >= 4 is 5.97 Å². The van der Waals surface area contributed by atoms with Crippen LogP contribution in [0.1, 0.15) is 85.0 Å². The van der Waals surface area contributed by atoms with Crippen molar-refractivity contribution in [3.8, 4) is 0 Å². The smallest absolute Gasteiger partial charge is 0.306 e. The van der Waals surface area contributed by atoms with E-state index in [9.17, 15) is 9.18 Å². The van der Waals surface area contributed by atoms with Crippen molar-refractivity contribution in [1.82, 2.24) is 9.55 Å². The fourth-order valence-corrected chi connectivity index (χ4v) is 5.41. The second-order valence-corrected chi connectivity index (χ2v) is 9.93. The SMILES string of the molecule is CCOC(=O)CC(c1ccc(C)c(Cc2nccn2CC2CCCCC2)c1)c1ccc(F)cc1C. The first-order valence-corrected chi connectivity index (χ1v) is 13.0. The number of hydrogen-bond acceptors (Lipinski definition) is 3. The summed E-state index contributed by atoms with van der Waals surface area (Å²) in [5.41, 5.74) is 5.23. The Morgan fingerprint density at radius 3 is 2.66 bits per heavy atom. The molecule has 0 bridgehead atoms. The van der Waals surface area contributed by atoms with E-state index >= 15 is 0 Å². The maximum absolute atomic E-state index is 13.8. The van der Waals surface area contributed by atoms with Crippen molar-refractivity contribution in [3.05, 3.63) is 88.3 Å². The van der Waals surface area contributed by atoms with Gasteiger partial charge in [0, 0.05) is 31.3 Å². The lowest BCUT2D eigenvalue weighted by Gasteiger charge is -2.23. The molecular weight excluding hydrogens is 439 g/mol. The summed E-state index contributed by atoms with van der Waals surface area (Å²) in [6.45, 7) is 7.21. The fraction of sp³-hybridized carbons (Fsp3) is 0.467. The molecule has 1 heterocycles. The molecule has 1 aromatic heterocycles. The summed E-state index contributed by atoms with van der Waals surface area (Å²) in [7, 11) is 0.